The molecular weight excluding hydrogens is 356 g/mol. The second kappa shape index (κ2) is 8.19. The van der Waals surface area contributed by atoms with Gasteiger partial charge < -0.3 is 15.4 Å². The second-order valence-electron chi connectivity index (χ2n) is 7.45. The van der Waals surface area contributed by atoms with Crippen LogP contribution in [0, 0.1) is 11.8 Å². The number of nitrogens with two attached hydrogens (primary N) is 1. The highest BCUT2D eigenvalue weighted by molar-refractivity contribution is 5.91. The number of nitrogens with zero attached hydrogens (tertiary/aromatic N) is 2. The summed E-state index contributed by atoms with van der Waals surface area (Å²) >= 11 is 0. The van der Waals surface area contributed by atoms with Crippen molar-refractivity contribution in [1.29, 1.82) is 0 Å². The highest BCUT2D eigenvalue weighted by Crippen LogP contribution is 2.37. The average Bonchev–Trinajstić information content (AvgIpc) is 2.66. The molecule has 0 unspecified atom stereocenters. The van der Waals surface area contributed by atoms with Gasteiger partial charge in [0.2, 0.25) is 11.8 Å². The van der Waals surface area contributed by atoms with Crippen LogP contribution in [0.25, 0.3) is 0 Å². The molecule has 1 aromatic rings. The Hall–Kier alpha value is -2.25. The SMILES string of the molecule is NC(=O)c1cc(OCC2CCN(C(=O)C3CCC(F)(F)CC3)CC2)ccn1. The Balaban J connectivity index is 1.43. The van der Waals surface area contributed by atoms with Crippen LogP contribution in [0.2, 0.25) is 0 Å². The predicted molar refractivity (Wildman–Crippen MR) is 94.5 cm³/mol. The predicted octanol–water partition coefficient (Wildman–Crippen LogP) is 2.62. The fraction of sp³-hybridized carbons (Fsp3) is 0.632. The summed E-state index contributed by atoms with van der Waals surface area (Å²) in [7, 11) is 0. The van der Waals surface area contributed by atoms with Gasteiger partial charge in [0.15, 0.2) is 0 Å². The van der Waals surface area contributed by atoms with Crippen molar-refractivity contribution in [3.8, 4) is 5.75 Å². The molecule has 0 atom stereocenters. The number of hydrogen-bond donors (Lipinski definition) is 1. The fourth-order valence-corrected chi connectivity index (χ4v) is 3.72. The molecule has 0 radical (unpaired) electrons. The molecule has 1 aliphatic carbocycles. The molecule has 2 N–H and O–H groups in total. The van der Waals surface area contributed by atoms with E-state index in [1.807, 2.05) is 4.90 Å². The summed E-state index contributed by atoms with van der Waals surface area (Å²) in [6, 6.07) is 3.18. The van der Waals surface area contributed by atoms with E-state index in [1.165, 1.54) is 12.3 Å². The maximum absolute atomic E-state index is 13.3. The van der Waals surface area contributed by atoms with E-state index < -0.39 is 11.8 Å². The molecule has 1 saturated heterocycles. The molecule has 27 heavy (non-hydrogen) atoms. The number of ether oxygens (including phenoxy) is 1. The minimum Gasteiger partial charge on any atom is -0.493 e. The third-order valence-electron chi connectivity index (χ3n) is 5.46. The number of carbonyl (C=O) groups is 2. The van der Waals surface area contributed by atoms with E-state index in [0.717, 1.165) is 12.8 Å². The third-order valence-corrected chi connectivity index (χ3v) is 5.46. The van der Waals surface area contributed by atoms with Gasteiger partial charge in [-0.25, -0.2) is 8.78 Å². The van der Waals surface area contributed by atoms with E-state index >= 15 is 0 Å². The van der Waals surface area contributed by atoms with E-state index in [-0.39, 0.29) is 43.2 Å². The van der Waals surface area contributed by atoms with Gasteiger partial charge in [-0.15, -0.1) is 0 Å². The Morgan fingerprint density at radius 2 is 1.89 bits per heavy atom. The van der Waals surface area contributed by atoms with Gasteiger partial charge in [0, 0.05) is 44.1 Å². The lowest BCUT2D eigenvalue weighted by Crippen LogP contribution is -2.44. The van der Waals surface area contributed by atoms with E-state index in [2.05, 4.69) is 4.98 Å². The molecule has 148 valence electrons. The minimum absolute atomic E-state index is 0.0186. The van der Waals surface area contributed by atoms with E-state index in [4.69, 9.17) is 10.5 Å². The number of aromatic nitrogens is 1. The quantitative estimate of drug-likeness (QED) is 0.850. The number of likely N-dealkylation sites (tertiary alicyclic amines) is 1. The Morgan fingerprint density at radius 3 is 2.52 bits per heavy atom. The molecule has 0 aromatic carbocycles. The summed E-state index contributed by atoms with van der Waals surface area (Å²) < 4.78 is 32.3. The van der Waals surface area contributed by atoms with E-state index in [1.54, 1.807) is 6.07 Å². The number of halogens is 2. The van der Waals surface area contributed by atoms with E-state index in [0.29, 0.717) is 31.4 Å². The van der Waals surface area contributed by atoms with Crippen LogP contribution in [0.4, 0.5) is 8.78 Å². The minimum atomic E-state index is -2.61. The van der Waals surface area contributed by atoms with Crippen LogP contribution in [0.5, 0.6) is 5.75 Å². The van der Waals surface area contributed by atoms with Crippen LogP contribution in [-0.2, 0) is 4.79 Å². The Kier molecular flexibility index (Phi) is 5.92. The van der Waals surface area contributed by atoms with Gasteiger partial charge >= 0.3 is 0 Å². The largest absolute Gasteiger partial charge is 0.493 e. The first-order valence-electron chi connectivity index (χ1n) is 9.39. The average molecular weight is 381 g/mol. The first-order chi connectivity index (χ1) is 12.8. The Morgan fingerprint density at radius 1 is 1.22 bits per heavy atom. The number of amides is 2. The Bertz CT molecular complexity index is 681. The summed E-state index contributed by atoms with van der Waals surface area (Å²) in [5.74, 6) is -2.61. The summed E-state index contributed by atoms with van der Waals surface area (Å²) in [6.07, 6.45) is 3.27. The third kappa shape index (κ3) is 5.14. The van der Waals surface area contributed by atoms with Crippen molar-refractivity contribution < 1.29 is 23.1 Å². The van der Waals surface area contributed by atoms with Crippen molar-refractivity contribution in [1.82, 2.24) is 9.88 Å². The zero-order valence-corrected chi connectivity index (χ0v) is 15.2. The van der Waals surface area contributed by atoms with Crippen molar-refractivity contribution in [2.45, 2.75) is 44.4 Å². The molecular formula is C19H25F2N3O3. The summed E-state index contributed by atoms with van der Waals surface area (Å²) in [5, 5.41) is 0. The summed E-state index contributed by atoms with van der Waals surface area (Å²) in [5.41, 5.74) is 5.36. The standard InChI is InChI=1S/C19H25F2N3O3/c20-19(21)6-1-14(2-7-19)18(26)24-9-4-13(5-10-24)12-27-15-3-8-23-16(11-15)17(22)25/h3,8,11,13-14H,1-2,4-7,9-10,12H2,(H2,22,25). The maximum Gasteiger partial charge on any atom is 0.267 e. The van der Waals surface area contributed by atoms with Crippen molar-refractivity contribution in [2.75, 3.05) is 19.7 Å². The van der Waals surface area contributed by atoms with Gasteiger partial charge in [-0.2, -0.15) is 0 Å². The van der Waals surface area contributed by atoms with Crippen molar-refractivity contribution in [2.24, 2.45) is 17.6 Å². The number of hydrogen-bond acceptors (Lipinski definition) is 4. The zero-order chi connectivity index (χ0) is 19.4. The number of piperidine rings is 1. The van der Waals surface area contributed by atoms with Crippen LogP contribution in [-0.4, -0.2) is 47.3 Å². The number of primary amides is 1. The highest BCUT2D eigenvalue weighted by atomic mass is 19.3. The zero-order valence-electron chi connectivity index (χ0n) is 15.2. The van der Waals surface area contributed by atoms with Crippen LogP contribution in [0.1, 0.15) is 49.0 Å². The lowest BCUT2D eigenvalue weighted by Gasteiger charge is -2.36. The van der Waals surface area contributed by atoms with Crippen LogP contribution in [0.15, 0.2) is 18.3 Å². The molecule has 0 bridgehead atoms. The van der Waals surface area contributed by atoms with Gasteiger partial charge in [-0.3, -0.25) is 14.6 Å². The first kappa shape index (κ1) is 19.5. The normalized spacial score (nSPS) is 21.0. The van der Waals surface area contributed by atoms with Crippen molar-refractivity contribution >= 4 is 11.8 Å². The number of alkyl halides is 2. The van der Waals surface area contributed by atoms with Gasteiger partial charge in [0.25, 0.3) is 5.91 Å². The molecule has 2 heterocycles. The monoisotopic (exact) mass is 381 g/mol. The van der Waals surface area contributed by atoms with Crippen molar-refractivity contribution in [3.63, 3.8) is 0 Å². The lowest BCUT2D eigenvalue weighted by molar-refractivity contribution is -0.141. The van der Waals surface area contributed by atoms with Gasteiger partial charge in [-0.05, 0) is 37.7 Å². The first-order valence-corrected chi connectivity index (χ1v) is 9.39. The molecule has 2 amide bonds. The highest BCUT2D eigenvalue weighted by Gasteiger charge is 2.39. The van der Waals surface area contributed by atoms with Crippen molar-refractivity contribution in [3.05, 3.63) is 24.0 Å². The Labute approximate surface area is 157 Å². The molecule has 6 nitrogen and oxygen atoms in total. The van der Waals surface area contributed by atoms with Crippen LogP contribution < -0.4 is 10.5 Å². The molecule has 2 fully saturated rings. The molecule has 8 heteroatoms. The van der Waals surface area contributed by atoms with Crippen LogP contribution >= 0.6 is 0 Å². The molecule has 2 aliphatic rings. The smallest absolute Gasteiger partial charge is 0.267 e. The summed E-state index contributed by atoms with van der Waals surface area (Å²) in [6.45, 7) is 1.74. The number of pyridine rings is 1. The topological polar surface area (TPSA) is 85.5 Å². The van der Waals surface area contributed by atoms with Crippen LogP contribution in [0.3, 0.4) is 0 Å². The van der Waals surface area contributed by atoms with Gasteiger partial charge in [-0.1, -0.05) is 0 Å². The van der Waals surface area contributed by atoms with Gasteiger partial charge in [0.1, 0.15) is 11.4 Å². The second-order valence-corrected chi connectivity index (χ2v) is 7.45. The molecule has 3 rings (SSSR count). The lowest BCUT2D eigenvalue weighted by atomic mass is 9.85. The van der Waals surface area contributed by atoms with Gasteiger partial charge in [0.05, 0.1) is 6.61 Å². The molecule has 1 saturated carbocycles. The fourth-order valence-electron chi connectivity index (χ4n) is 3.72. The van der Waals surface area contributed by atoms with E-state index in [9.17, 15) is 18.4 Å². The summed E-state index contributed by atoms with van der Waals surface area (Å²) in [4.78, 5) is 29.4. The number of rotatable bonds is 5. The molecule has 1 aromatic heterocycles. The molecule has 1 aliphatic heterocycles. The molecule has 0 spiro atoms. The number of carbonyl (C=O) groups excluding carboxylic acids is 2. The maximum atomic E-state index is 13.3.